The highest BCUT2D eigenvalue weighted by Gasteiger charge is 2.22. The first kappa shape index (κ1) is 17.8. The lowest BCUT2D eigenvalue weighted by Crippen LogP contribution is -2.41. The molecule has 0 atom stereocenters. The van der Waals surface area contributed by atoms with Gasteiger partial charge in [-0.25, -0.2) is 0 Å². The first-order valence-corrected chi connectivity index (χ1v) is 9.31. The summed E-state index contributed by atoms with van der Waals surface area (Å²) in [4.78, 5) is 14.4. The Morgan fingerprint density at radius 2 is 1.88 bits per heavy atom. The van der Waals surface area contributed by atoms with Crippen LogP contribution in [0.2, 0.25) is 5.02 Å². The van der Waals surface area contributed by atoms with E-state index in [9.17, 15) is 4.79 Å². The van der Waals surface area contributed by atoms with E-state index in [-0.39, 0.29) is 5.91 Å². The number of rotatable bonds is 5. The Labute approximate surface area is 155 Å². The highest BCUT2D eigenvalue weighted by molar-refractivity contribution is 6.30. The topological polar surface area (TPSA) is 32.3 Å². The van der Waals surface area contributed by atoms with E-state index in [1.807, 2.05) is 30.0 Å². The number of aryl methyl sites for hydroxylation is 1. The Morgan fingerprint density at radius 3 is 2.56 bits per heavy atom. The number of piperidine rings is 1. The number of likely N-dealkylation sites (tertiary alicyclic amines) is 1. The minimum atomic E-state index is 0.174. The van der Waals surface area contributed by atoms with Gasteiger partial charge in [0.1, 0.15) is 0 Å². The van der Waals surface area contributed by atoms with Crippen LogP contribution in [0.5, 0.6) is 0 Å². The molecule has 2 aromatic rings. The van der Waals surface area contributed by atoms with E-state index < -0.39 is 0 Å². The fraction of sp³-hybridized carbons (Fsp3) is 0.381. The van der Waals surface area contributed by atoms with Crippen LogP contribution in [0.15, 0.2) is 48.5 Å². The largest absolute Gasteiger partial charge is 0.376 e. The third-order valence-electron chi connectivity index (χ3n) is 4.95. The van der Waals surface area contributed by atoms with Crippen molar-refractivity contribution in [3.05, 3.63) is 64.7 Å². The zero-order chi connectivity index (χ0) is 17.6. The van der Waals surface area contributed by atoms with Crippen molar-refractivity contribution in [1.82, 2.24) is 4.90 Å². The molecule has 0 aromatic heterocycles. The minimum absolute atomic E-state index is 0.174. The van der Waals surface area contributed by atoms with Crippen molar-refractivity contribution < 1.29 is 4.79 Å². The van der Waals surface area contributed by atoms with Gasteiger partial charge in [0.15, 0.2) is 0 Å². The Bertz CT molecular complexity index is 709. The van der Waals surface area contributed by atoms with Crippen LogP contribution < -0.4 is 5.32 Å². The minimum Gasteiger partial charge on any atom is -0.376 e. The quantitative estimate of drug-likeness (QED) is 0.852. The van der Waals surface area contributed by atoms with Crippen molar-refractivity contribution in [2.45, 2.75) is 26.2 Å². The molecule has 132 valence electrons. The van der Waals surface area contributed by atoms with Gasteiger partial charge in [-0.2, -0.15) is 0 Å². The molecule has 0 saturated carbocycles. The van der Waals surface area contributed by atoms with Gasteiger partial charge in [0, 0.05) is 23.8 Å². The van der Waals surface area contributed by atoms with Crippen LogP contribution in [-0.4, -0.2) is 30.4 Å². The average molecular weight is 357 g/mol. The first-order valence-electron chi connectivity index (χ1n) is 8.93. The number of nitrogens with one attached hydrogen (secondary N) is 1. The predicted octanol–water partition coefficient (Wildman–Crippen LogP) is 4.54. The van der Waals surface area contributed by atoms with Gasteiger partial charge >= 0.3 is 0 Å². The number of anilines is 1. The molecule has 1 aliphatic heterocycles. The maximum absolute atomic E-state index is 12.5. The zero-order valence-corrected chi connectivity index (χ0v) is 15.4. The SMILES string of the molecule is Cc1cc(Cl)ccc1NCC(=O)N1CCC(Cc2ccccc2)CC1. The Kier molecular flexibility index (Phi) is 5.98. The third-order valence-corrected chi connectivity index (χ3v) is 5.19. The number of hydrogen-bond acceptors (Lipinski definition) is 2. The van der Waals surface area contributed by atoms with Crippen LogP contribution in [0.4, 0.5) is 5.69 Å². The van der Waals surface area contributed by atoms with Crippen LogP contribution in [0.3, 0.4) is 0 Å². The van der Waals surface area contributed by atoms with E-state index in [1.54, 1.807) is 0 Å². The molecule has 0 unspecified atom stereocenters. The maximum Gasteiger partial charge on any atom is 0.241 e. The number of benzene rings is 2. The molecule has 0 radical (unpaired) electrons. The van der Waals surface area contributed by atoms with E-state index in [1.165, 1.54) is 5.56 Å². The molecule has 0 bridgehead atoms. The molecule has 1 saturated heterocycles. The number of carbonyl (C=O) groups is 1. The van der Waals surface area contributed by atoms with Crippen molar-refractivity contribution in [1.29, 1.82) is 0 Å². The van der Waals surface area contributed by atoms with Gasteiger partial charge in [-0.15, -0.1) is 0 Å². The van der Waals surface area contributed by atoms with Crippen LogP contribution >= 0.6 is 11.6 Å². The normalized spacial score (nSPS) is 15.2. The lowest BCUT2D eigenvalue weighted by atomic mass is 9.90. The van der Waals surface area contributed by atoms with Gasteiger partial charge in [0.05, 0.1) is 6.54 Å². The highest BCUT2D eigenvalue weighted by Crippen LogP contribution is 2.22. The molecule has 1 heterocycles. The van der Waals surface area contributed by atoms with Crippen molar-refractivity contribution in [3.63, 3.8) is 0 Å². The molecule has 4 heteroatoms. The molecule has 1 fully saturated rings. The lowest BCUT2D eigenvalue weighted by Gasteiger charge is -2.32. The monoisotopic (exact) mass is 356 g/mol. The Morgan fingerprint density at radius 1 is 1.16 bits per heavy atom. The van der Waals surface area contributed by atoms with Crippen LogP contribution in [0.1, 0.15) is 24.0 Å². The van der Waals surface area contributed by atoms with Crippen LogP contribution in [0, 0.1) is 12.8 Å². The number of amides is 1. The van der Waals surface area contributed by atoms with E-state index in [4.69, 9.17) is 11.6 Å². The molecular formula is C21H25ClN2O. The van der Waals surface area contributed by atoms with Crippen LogP contribution in [0.25, 0.3) is 0 Å². The van der Waals surface area contributed by atoms with E-state index in [2.05, 4.69) is 35.6 Å². The second-order valence-corrected chi connectivity index (χ2v) is 7.26. The highest BCUT2D eigenvalue weighted by atomic mass is 35.5. The average Bonchev–Trinajstić information content (AvgIpc) is 2.62. The van der Waals surface area contributed by atoms with Gasteiger partial charge < -0.3 is 10.2 Å². The second kappa shape index (κ2) is 8.39. The summed E-state index contributed by atoms with van der Waals surface area (Å²) in [6.45, 7) is 4.05. The number of hydrogen-bond donors (Lipinski definition) is 1. The van der Waals surface area contributed by atoms with Gasteiger partial charge in [-0.05, 0) is 61.4 Å². The molecule has 1 N–H and O–H groups in total. The van der Waals surface area contributed by atoms with Gasteiger partial charge in [0.25, 0.3) is 0 Å². The Hall–Kier alpha value is -2.00. The standard InChI is InChI=1S/C21H25ClN2O/c1-16-13-19(22)7-8-20(16)23-15-21(25)24-11-9-18(10-12-24)14-17-5-3-2-4-6-17/h2-8,13,18,23H,9-12,14-15H2,1H3. The summed E-state index contributed by atoms with van der Waals surface area (Å²) in [6, 6.07) is 16.3. The lowest BCUT2D eigenvalue weighted by molar-refractivity contribution is -0.130. The molecule has 0 aliphatic carbocycles. The molecule has 3 nitrogen and oxygen atoms in total. The number of halogens is 1. The summed E-state index contributed by atoms with van der Waals surface area (Å²) >= 11 is 5.97. The zero-order valence-electron chi connectivity index (χ0n) is 14.7. The van der Waals surface area contributed by atoms with Crippen LogP contribution in [-0.2, 0) is 11.2 Å². The maximum atomic E-state index is 12.5. The number of carbonyl (C=O) groups excluding carboxylic acids is 1. The fourth-order valence-electron chi connectivity index (χ4n) is 3.44. The van der Waals surface area contributed by atoms with E-state index >= 15 is 0 Å². The van der Waals surface area contributed by atoms with E-state index in [0.29, 0.717) is 12.5 Å². The van der Waals surface area contributed by atoms with E-state index in [0.717, 1.165) is 48.6 Å². The van der Waals surface area contributed by atoms with Crippen molar-refractivity contribution in [2.75, 3.05) is 25.0 Å². The number of nitrogens with zero attached hydrogens (tertiary/aromatic N) is 1. The molecule has 3 rings (SSSR count). The molecule has 1 amide bonds. The fourth-order valence-corrected chi connectivity index (χ4v) is 3.67. The second-order valence-electron chi connectivity index (χ2n) is 6.83. The molecular weight excluding hydrogens is 332 g/mol. The summed E-state index contributed by atoms with van der Waals surface area (Å²) < 4.78 is 0. The molecule has 2 aromatic carbocycles. The first-order chi connectivity index (χ1) is 12.1. The summed E-state index contributed by atoms with van der Waals surface area (Å²) in [5, 5.41) is 3.96. The van der Waals surface area contributed by atoms with Gasteiger partial charge in [-0.3, -0.25) is 4.79 Å². The summed E-state index contributed by atoms with van der Waals surface area (Å²) in [5.74, 6) is 0.852. The van der Waals surface area contributed by atoms with Crippen molar-refractivity contribution in [3.8, 4) is 0 Å². The summed E-state index contributed by atoms with van der Waals surface area (Å²) in [6.07, 6.45) is 3.28. The summed E-state index contributed by atoms with van der Waals surface area (Å²) in [5.41, 5.74) is 3.42. The third kappa shape index (κ3) is 4.99. The van der Waals surface area contributed by atoms with Gasteiger partial charge in [-0.1, -0.05) is 41.9 Å². The Balaban J connectivity index is 1.45. The molecule has 0 spiro atoms. The van der Waals surface area contributed by atoms with Gasteiger partial charge in [0.2, 0.25) is 5.91 Å². The smallest absolute Gasteiger partial charge is 0.241 e. The molecule has 25 heavy (non-hydrogen) atoms. The van der Waals surface area contributed by atoms with Crippen molar-refractivity contribution >= 4 is 23.2 Å². The summed E-state index contributed by atoms with van der Waals surface area (Å²) in [7, 11) is 0. The molecule has 1 aliphatic rings. The predicted molar refractivity (Wildman–Crippen MR) is 104 cm³/mol. The van der Waals surface area contributed by atoms with Crippen molar-refractivity contribution in [2.24, 2.45) is 5.92 Å².